The summed E-state index contributed by atoms with van der Waals surface area (Å²) < 4.78 is 5.81. The third kappa shape index (κ3) is 5.70. The Morgan fingerprint density at radius 1 is 0.893 bits per heavy atom. The zero-order valence-corrected chi connectivity index (χ0v) is 18.1. The maximum absolute atomic E-state index is 5.81. The summed E-state index contributed by atoms with van der Waals surface area (Å²) in [5, 5.41) is 5.83. The SMILES string of the molecule is Cc1ccc([C@H](CCN[C@H](C)c2cccs2)c2ccc(OC(C)C)cc2)cc1. The highest BCUT2D eigenvalue weighted by atomic mass is 32.1. The van der Waals surface area contributed by atoms with Gasteiger partial charge in [0.05, 0.1) is 6.10 Å². The number of aryl methyl sites for hydroxylation is 1. The van der Waals surface area contributed by atoms with Gasteiger partial charge in [-0.05, 0) is 75.4 Å². The lowest BCUT2D eigenvalue weighted by atomic mass is 9.88. The minimum absolute atomic E-state index is 0.196. The molecule has 2 nitrogen and oxygen atoms in total. The van der Waals surface area contributed by atoms with E-state index in [1.807, 2.05) is 11.3 Å². The molecule has 2 atom stereocenters. The molecule has 0 aliphatic heterocycles. The van der Waals surface area contributed by atoms with Crippen LogP contribution in [0.15, 0.2) is 66.0 Å². The van der Waals surface area contributed by atoms with E-state index in [-0.39, 0.29) is 6.10 Å². The molecule has 0 radical (unpaired) electrons. The first kappa shape index (κ1) is 20.6. The molecule has 148 valence electrons. The van der Waals surface area contributed by atoms with E-state index >= 15 is 0 Å². The fraction of sp³-hybridized carbons (Fsp3) is 0.360. The van der Waals surface area contributed by atoms with Gasteiger partial charge in [0.1, 0.15) is 5.75 Å². The van der Waals surface area contributed by atoms with E-state index in [0.717, 1.165) is 18.7 Å². The van der Waals surface area contributed by atoms with Crippen molar-refractivity contribution in [2.24, 2.45) is 0 Å². The number of hydrogen-bond donors (Lipinski definition) is 1. The molecule has 3 heteroatoms. The van der Waals surface area contributed by atoms with Gasteiger partial charge >= 0.3 is 0 Å². The zero-order valence-electron chi connectivity index (χ0n) is 17.3. The Morgan fingerprint density at radius 3 is 2.11 bits per heavy atom. The summed E-state index contributed by atoms with van der Waals surface area (Å²) in [6, 6.07) is 22.3. The second kappa shape index (κ2) is 9.90. The van der Waals surface area contributed by atoms with E-state index in [2.05, 4.69) is 99.1 Å². The summed E-state index contributed by atoms with van der Waals surface area (Å²) in [6.45, 7) is 9.47. The molecule has 0 saturated heterocycles. The highest BCUT2D eigenvalue weighted by Crippen LogP contribution is 2.30. The number of benzene rings is 2. The lowest BCUT2D eigenvalue weighted by Gasteiger charge is -2.21. The molecule has 0 bridgehead atoms. The molecule has 1 heterocycles. The van der Waals surface area contributed by atoms with Gasteiger partial charge in [0.25, 0.3) is 0 Å². The van der Waals surface area contributed by atoms with Gasteiger partial charge in [-0.15, -0.1) is 11.3 Å². The molecular weight excluding hydrogens is 362 g/mol. The molecule has 1 aromatic heterocycles. The Kier molecular flexibility index (Phi) is 7.30. The molecule has 0 aliphatic carbocycles. The topological polar surface area (TPSA) is 21.3 Å². The number of thiophene rings is 1. The van der Waals surface area contributed by atoms with Crippen molar-refractivity contribution in [3.8, 4) is 5.75 Å². The number of nitrogens with one attached hydrogen (secondary N) is 1. The number of rotatable bonds is 9. The third-order valence-corrected chi connectivity index (χ3v) is 6.04. The van der Waals surface area contributed by atoms with E-state index in [4.69, 9.17) is 4.74 Å². The van der Waals surface area contributed by atoms with Crippen LogP contribution in [0.4, 0.5) is 0 Å². The summed E-state index contributed by atoms with van der Waals surface area (Å²) in [4.78, 5) is 1.39. The minimum Gasteiger partial charge on any atom is -0.491 e. The number of hydrogen-bond acceptors (Lipinski definition) is 3. The average Bonchev–Trinajstić information content (AvgIpc) is 3.21. The molecule has 1 N–H and O–H groups in total. The molecule has 0 spiro atoms. The van der Waals surface area contributed by atoms with E-state index in [1.54, 1.807) is 0 Å². The van der Waals surface area contributed by atoms with Crippen molar-refractivity contribution in [1.29, 1.82) is 0 Å². The zero-order chi connectivity index (χ0) is 19.9. The van der Waals surface area contributed by atoms with E-state index in [0.29, 0.717) is 12.0 Å². The van der Waals surface area contributed by atoms with Gasteiger partial charge in [0.15, 0.2) is 0 Å². The molecule has 0 saturated carbocycles. The van der Waals surface area contributed by atoms with Crippen LogP contribution in [-0.4, -0.2) is 12.6 Å². The van der Waals surface area contributed by atoms with Gasteiger partial charge < -0.3 is 10.1 Å². The minimum atomic E-state index is 0.196. The molecule has 0 amide bonds. The van der Waals surface area contributed by atoms with Crippen molar-refractivity contribution in [3.05, 3.63) is 87.6 Å². The highest BCUT2D eigenvalue weighted by molar-refractivity contribution is 7.10. The molecule has 28 heavy (non-hydrogen) atoms. The van der Waals surface area contributed by atoms with Crippen LogP contribution in [-0.2, 0) is 0 Å². The fourth-order valence-corrected chi connectivity index (χ4v) is 4.22. The number of ether oxygens (including phenoxy) is 1. The molecule has 3 rings (SSSR count). The summed E-state index contributed by atoms with van der Waals surface area (Å²) in [7, 11) is 0. The van der Waals surface area contributed by atoms with Crippen LogP contribution in [0.3, 0.4) is 0 Å². The first-order valence-electron chi connectivity index (χ1n) is 10.1. The Morgan fingerprint density at radius 2 is 1.54 bits per heavy atom. The predicted octanol–water partition coefficient (Wildman–Crippen LogP) is 6.72. The van der Waals surface area contributed by atoms with Gasteiger partial charge in [-0.1, -0.05) is 48.0 Å². The normalized spacial score (nSPS) is 13.5. The van der Waals surface area contributed by atoms with Gasteiger partial charge in [0.2, 0.25) is 0 Å². The molecule has 0 unspecified atom stereocenters. The molecular formula is C25H31NOS. The summed E-state index contributed by atoms with van der Waals surface area (Å²) >= 11 is 1.81. The Hall–Kier alpha value is -2.10. The van der Waals surface area contributed by atoms with Crippen molar-refractivity contribution in [3.63, 3.8) is 0 Å². The second-order valence-electron chi connectivity index (χ2n) is 7.68. The monoisotopic (exact) mass is 393 g/mol. The van der Waals surface area contributed by atoms with E-state index in [1.165, 1.54) is 21.6 Å². The highest BCUT2D eigenvalue weighted by Gasteiger charge is 2.15. The summed E-state index contributed by atoms with van der Waals surface area (Å²) in [5.41, 5.74) is 4.01. The lowest BCUT2D eigenvalue weighted by molar-refractivity contribution is 0.242. The largest absolute Gasteiger partial charge is 0.491 e. The third-order valence-electron chi connectivity index (χ3n) is 4.99. The predicted molar refractivity (Wildman–Crippen MR) is 121 cm³/mol. The smallest absolute Gasteiger partial charge is 0.119 e. The van der Waals surface area contributed by atoms with Crippen molar-refractivity contribution in [1.82, 2.24) is 5.32 Å². The molecule has 2 aromatic carbocycles. The van der Waals surface area contributed by atoms with Crippen molar-refractivity contribution < 1.29 is 4.74 Å². The van der Waals surface area contributed by atoms with Crippen LogP contribution in [0.5, 0.6) is 5.75 Å². The van der Waals surface area contributed by atoms with Crippen LogP contribution in [0, 0.1) is 6.92 Å². The maximum atomic E-state index is 5.81. The maximum Gasteiger partial charge on any atom is 0.119 e. The Labute approximate surface area is 173 Å². The Balaban J connectivity index is 1.72. The lowest BCUT2D eigenvalue weighted by Crippen LogP contribution is -2.21. The fourth-order valence-electron chi connectivity index (χ4n) is 3.46. The standard InChI is InChI=1S/C25H31NOS/c1-18(2)27-23-13-11-22(12-14-23)24(21-9-7-19(3)8-10-21)15-16-26-20(4)25-6-5-17-28-25/h5-14,17-18,20,24,26H,15-16H2,1-4H3/t20-,24+/m1/s1. The van der Waals surface area contributed by atoms with Crippen molar-refractivity contribution in [2.75, 3.05) is 6.54 Å². The first-order chi connectivity index (χ1) is 13.5. The van der Waals surface area contributed by atoms with Gasteiger partial charge in [-0.25, -0.2) is 0 Å². The summed E-state index contributed by atoms with van der Waals surface area (Å²) in [5.74, 6) is 1.31. The summed E-state index contributed by atoms with van der Waals surface area (Å²) in [6.07, 6.45) is 1.25. The van der Waals surface area contributed by atoms with Crippen LogP contribution in [0.25, 0.3) is 0 Å². The molecule has 3 aromatic rings. The first-order valence-corrected chi connectivity index (χ1v) is 11.0. The van der Waals surface area contributed by atoms with Gasteiger partial charge in [-0.2, -0.15) is 0 Å². The van der Waals surface area contributed by atoms with E-state index in [9.17, 15) is 0 Å². The van der Waals surface area contributed by atoms with Crippen molar-refractivity contribution in [2.45, 2.75) is 52.2 Å². The van der Waals surface area contributed by atoms with Crippen LogP contribution < -0.4 is 10.1 Å². The Bertz CT molecular complexity index is 822. The van der Waals surface area contributed by atoms with E-state index < -0.39 is 0 Å². The van der Waals surface area contributed by atoms with Crippen LogP contribution in [0.2, 0.25) is 0 Å². The molecule has 0 fully saturated rings. The van der Waals surface area contributed by atoms with Crippen LogP contribution >= 0.6 is 11.3 Å². The average molecular weight is 394 g/mol. The van der Waals surface area contributed by atoms with Gasteiger partial charge in [-0.3, -0.25) is 0 Å². The molecule has 0 aliphatic rings. The second-order valence-corrected chi connectivity index (χ2v) is 8.66. The van der Waals surface area contributed by atoms with Crippen molar-refractivity contribution >= 4 is 11.3 Å². The van der Waals surface area contributed by atoms with Crippen LogP contribution in [0.1, 0.15) is 60.7 Å². The quantitative estimate of drug-likeness (QED) is 0.436. The van der Waals surface area contributed by atoms with Gasteiger partial charge in [0, 0.05) is 16.8 Å².